The zero-order valence-corrected chi connectivity index (χ0v) is 18.5. The molecule has 0 aliphatic carbocycles. The number of rotatable bonds is 6. The molecule has 0 aliphatic rings. The first-order valence-electron chi connectivity index (χ1n) is 9.40. The first kappa shape index (κ1) is 22.1. The number of likely N-dealkylation sites (N-methyl/N-ethyl adjacent to an activating group) is 2. The molecule has 0 bridgehead atoms. The second-order valence-electron chi connectivity index (χ2n) is 7.24. The predicted molar refractivity (Wildman–Crippen MR) is 119 cm³/mol. The van der Waals surface area contributed by atoms with Crippen LogP contribution in [0.1, 0.15) is 17.3 Å². The molecule has 158 valence electrons. The van der Waals surface area contributed by atoms with Gasteiger partial charge in [-0.05, 0) is 45.3 Å². The van der Waals surface area contributed by atoms with E-state index in [1.165, 1.54) is 18.4 Å². The second kappa shape index (κ2) is 9.04. The van der Waals surface area contributed by atoms with Crippen LogP contribution in [0.5, 0.6) is 0 Å². The van der Waals surface area contributed by atoms with Crippen LogP contribution in [-0.2, 0) is 4.79 Å². The zero-order valence-electron chi connectivity index (χ0n) is 17.7. The Morgan fingerprint density at radius 2 is 1.71 bits per heavy atom. The maximum atomic E-state index is 12.8. The molecule has 0 radical (unpaired) electrons. The molecule has 31 heavy (non-hydrogen) atoms. The molecule has 2 amide bonds. The van der Waals surface area contributed by atoms with Crippen LogP contribution in [0.3, 0.4) is 0 Å². The minimum absolute atomic E-state index is 0.397. The van der Waals surface area contributed by atoms with Gasteiger partial charge in [0.05, 0.1) is 5.69 Å². The second-order valence-corrected chi connectivity index (χ2v) is 8.09. The molecule has 1 aromatic carbocycles. The number of benzene rings is 1. The van der Waals surface area contributed by atoms with Crippen LogP contribution in [0, 0.1) is 11.5 Å². The molecular formula is C22H22N6O2S. The van der Waals surface area contributed by atoms with Gasteiger partial charge in [0.15, 0.2) is 11.9 Å². The zero-order chi connectivity index (χ0) is 22.6. The van der Waals surface area contributed by atoms with Crippen molar-refractivity contribution in [2.24, 2.45) is 0 Å². The van der Waals surface area contributed by atoms with Crippen molar-refractivity contribution >= 4 is 23.2 Å². The van der Waals surface area contributed by atoms with Gasteiger partial charge in [0.1, 0.15) is 5.01 Å². The van der Waals surface area contributed by atoms with Crippen molar-refractivity contribution in [1.82, 2.24) is 25.1 Å². The number of nitrogens with one attached hydrogen (secondary N) is 1. The molecule has 0 saturated carbocycles. The molecule has 0 spiro atoms. The van der Waals surface area contributed by atoms with Gasteiger partial charge in [-0.15, -0.1) is 11.3 Å². The number of thiazole rings is 1. The summed E-state index contributed by atoms with van der Waals surface area (Å²) < 4.78 is 0. The average molecular weight is 435 g/mol. The van der Waals surface area contributed by atoms with Crippen LogP contribution in [0.4, 0.5) is 0 Å². The van der Waals surface area contributed by atoms with Crippen molar-refractivity contribution < 1.29 is 9.59 Å². The minimum atomic E-state index is -1.37. The number of amides is 2. The van der Waals surface area contributed by atoms with Gasteiger partial charge in [0.25, 0.3) is 11.8 Å². The number of carbonyl (C=O) groups is 2. The molecule has 1 atom stereocenters. The third kappa shape index (κ3) is 4.60. The lowest BCUT2D eigenvalue weighted by atomic mass is 10.1. The lowest BCUT2D eigenvalue weighted by molar-refractivity contribution is -0.139. The Balaban J connectivity index is 1.78. The van der Waals surface area contributed by atoms with Crippen LogP contribution < -0.4 is 5.32 Å². The van der Waals surface area contributed by atoms with Crippen molar-refractivity contribution in [2.75, 3.05) is 21.1 Å². The Kier molecular flexibility index (Phi) is 6.44. The van der Waals surface area contributed by atoms with Crippen molar-refractivity contribution in [1.29, 1.82) is 5.26 Å². The van der Waals surface area contributed by atoms with Gasteiger partial charge in [-0.3, -0.25) is 19.5 Å². The largest absolute Gasteiger partial charge is 0.326 e. The SMILES string of the molecule is CN(C#N)C(=O)C(C)(NC(=O)c1ccc(-c2csc(-c3ccncc3)n2)cc1)N(C)C. The highest BCUT2D eigenvalue weighted by atomic mass is 32.1. The van der Waals surface area contributed by atoms with Crippen LogP contribution in [-0.4, -0.2) is 58.4 Å². The van der Waals surface area contributed by atoms with Gasteiger partial charge in [0.2, 0.25) is 0 Å². The van der Waals surface area contributed by atoms with E-state index in [0.717, 1.165) is 26.7 Å². The molecule has 0 fully saturated rings. The van der Waals surface area contributed by atoms with E-state index < -0.39 is 17.5 Å². The standard InChI is InChI=1S/C22H22N6O2S/c1-22(27(2)3,21(30)28(4)14-23)26-19(29)16-7-5-15(6-8-16)18-13-31-20(25-18)17-9-11-24-12-10-17/h5-13H,1-4H3,(H,26,29). The molecular weight excluding hydrogens is 412 g/mol. The summed E-state index contributed by atoms with van der Waals surface area (Å²) >= 11 is 1.53. The number of pyridine rings is 1. The van der Waals surface area contributed by atoms with E-state index >= 15 is 0 Å². The van der Waals surface area contributed by atoms with Gasteiger partial charge in [-0.25, -0.2) is 9.88 Å². The van der Waals surface area contributed by atoms with E-state index in [0.29, 0.717) is 5.56 Å². The van der Waals surface area contributed by atoms with Crippen molar-refractivity contribution in [2.45, 2.75) is 12.6 Å². The smallest absolute Gasteiger partial charge is 0.276 e. The third-order valence-electron chi connectivity index (χ3n) is 5.00. The van der Waals surface area contributed by atoms with Crippen LogP contribution >= 0.6 is 11.3 Å². The maximum absolute atomic E-state index is 12.8. The molecule has 3 rings (SSSR count). The fraction of sp³-hybridized carbons (Fsp3) is 0.227. The fourth-order valence-electron chi connectivity index (χ4n) is 2.85. The molecule has 8 nitrogen and oxygen atoms in total. The highest BCUT2D eigenvalue weighted by Gasteiger charge is 2.39. The lowest BCUT2D eigenvalue weighted by Gasteiger charge is -2.36. The Bertz CT molecular complexity index is 1120. The topological polar surface area (TPSA) is 102 Å². The lowest BCUT2D eigenvalue weighted by Crippen LogP contribution is -2.64. The summed E-state index contributed by atoms with van der Waals surface area (Å²) in [5, 5.41) is 14.6. The molecule has 2 heterocycles. The van der Waals surface area contributed by atoms with Crippen LogP contribution in [0.25, 0.3) is 21.8 Å². The summed E-state index contributed by atoms with van der Waals surface area (Å²) in [6.07, 6.45) is 5.23. The molecule has 1 unspecified atom stereocenters. The number of aromatic nitrogens is 2. The van der Waals surface area contributed by atoms with Gasteiger partial charge in [-0.2, -0.15) is 5.26 Å². The van der Waals surface area contributed by atoms with E-state index in [-0.39, 0.29) is 0 Å². The van der Waals surface area contributed by atoms with Crippen molar-refractivity contribution in [3.8, 4) is 28.0 Å². The molecule has 2 aromatic heterocycles. The predicted octanol–water partition coefficient (Wildman–Crippen LogP) is 2.82. The summed E-state index contributed by atoms with van der Waals surface area (Å²) in [5.41, 5.74) is 1.72. The monoisotopic (exact) mass is 434 g/mol. The number of carbonyl (C=O) groups excluding carboxylic acids is 2. The van der Waals surface area contributed by atoms with Crippen LogP contribution in [0.15, 0.2) is 54.2 Å². The van der Waals surface area contributed by atoms with Crippen molar-refractivity contribution in [3.63, 3.8) is 0 Å². The van der Waals surface area contributed by atoms with Gasteiger partial charge in [0, 0.05) is 41.5 Å². The third-order valence-corrected chi connectivity index (χ3v) is 5.89. The van der Waals surface area contributed by atoms with Gasteiger partial charge >= 0.3 is 0 Å². The Morgan fingerprint density at radius 3 is 2.29 bits per heavy atom. The number of nitrogens with zero attached hydrogens (tertiary/aromatic N) is 5. The number of hydrogen-bond acceptors (Lipinski definition) is 7. The quantitative estimate of drug-likeness (QED) is 0.364. The normalized spacial score (nSPS) is 12.6. The highest BCUT2D eigenvalue weighted by molar-refractivity contribution is 7.13. The summed E-state index contributed by atoms with van der Waals surface area (Å²) in [6.45, 7) is 1.56. The van der Waals surface area contributed by atoms with E-state index in [4.69, 9.17) is 5.26 Å². The molecule has 9 heteroatoms. The number of hydrogen-bond donors (Lipinski definition) is 1. The Hall–Kier alpha value is -3.61. The fourth-order valence-corrected chi connectivity index (χ4v) is 3.68. The average Bonchev–Trinajstić information content (AvgIpc) is 3.28. The molecule has 0 saturated heterocycles. The molecule has 3 aromatic rings. The van der Waals surface area contributed by atoms with Crippen LogP contribution in [0.2, 0.25) is 0 Å². The summed E-state index contributed by atoms with van der Waals surface area (Å²) in [5.74, 6) is -0.950. The number of nitriles is 1. The molecule has 1 N–H and O–H groups in total. The van der Waals surface area contributed by atoms with Crippen molar-refractivity contribution in [3.05, 3.63) is 59.7 Å². The summed E-state index contributed by atoms with van der Waals surface area (Å²) in [7, 11) is 4.68. The van der Waals surface area contributed by atoms with Gasteiger partial charge < -0.3 is 5.32 Å². The Morgan fingerprint density at radius 1 is 1.06 bits per heavy atom. The molecule has 0 aliphatic heterocycles. The first-order valence-corrected chi connectivity index (χ1v) is 10.3. The summed E-state index contributed by atoms with van der Waals surface area (Å²) in [6, 6.07) is 10.8. The maximum Gasteiger partial charge on any atom is 0.276 e. The van der Waals surface area contributed by atoms with E-state index in [1.807, 2.05) is 29.6 Å². The first-order chi connectivity index (χ1) is 14.8. The van der Waals surface area contributed by atoms with Gasteiger partial charge in [-0.1, -0.05) is 12.1 Å². The highest BCUT2D eigenvalue weighted by Crippen LogP contribution is 2.28. The van der Waals surface area contributed by atoms with E-state index in [2.05, 4.69) is 15.3 Å². The minimum Gasteiger partial charge on any atom is -0.326 e. The Labute approximate surface area is 184 Å². The van der Waals surface area contributed by atoms with E-state index in [1.54, 1.807) is 56.6 Å². The van der Waals surface area contributed by atoms with E-state index in [9.17, 15) is 9.59 Å². The summed E-state index contributed by atoms with van der Waals surface area (Å²) in [4.78, 5) is 36.5.